The molecule has 2 saturated heterocycles. The van der Waals surface area contributed by atoms with E-state index in [0.29, 0.717) is 57.0 Å². The lowest BCUT2D eigenvalue weighted by Gasteiger charge is -2.44. The van der Waals surface area contributed by atoms with Crippen LogP contribution in [0.5, 0.6) is 5.75 Å². The van der Waals surface area contributed by atoms with Crippen molar-refractivity contribution in [1.82, 2.24) is 10.2 Å². The van der Waals surface area contributed by atoms with Gasteiger partial charge in [0, 0.05) is 39.0 Å². The van der Waals surface area contributed by atoms with E-state index in [4.69, 9.17) is 9.47 Å². The predicted molar refractivity (Wildman–Crippen MR) is 121 cm³/mol. The Balaban J connectivity index is 1.18. The van der Waals surface area contributed by atoms with Crippen LogP contribution in [0.25, 0.3) is 0 Å². The highest BCUT2D eigenvalue weighted by atomic mass is 16.5. The summed E-state index contributed by atoms with van der Waals surface area (Å²) in [6.07, 6.45) is 1.26. The standard InChI is InChI=1S/C24H28N4O4/c29-22(25-19-6-2-3-7-20(19)28-13-15-31-16-14-28)17-27-11-9-24(10-12-27)26-23(30)18-5-1-4-8-21(18)32-24/h1-8H,9-17H2,(H,25,29)(H,26,30). The fourth-order valence-corrected chi connectivity index (χ4v) is 4.61. The first-order chi connectivity index (χ1) is 15.6. The van der Waals surface area contributed by atoms with Gasteiger partial charge in [-0.3, -0.25) is 14.5 Å². The van der Waals surface area contributed by atoms with Crippen LogP contribution < -0.4 is 20.3 Å². The molecule has 8 heteroatoms. The number of rotatable bonds is 4. The number of morpholine rings is 1. The summed E-state index contributed by atoms with van der Waals surface area (Å²) in [5, 5.41) is 6.12. The van der Waals surface area contributed by atoms with Gasteiger partial charge in [-0.25, -0.2) is 0 Å². The zero-order valence-electron chi connectivity index (χ0n) is 18.0. The van der Waals surface area contributed by atoms with Crippen LogP contribution in [0.4, 0.5) is 11.4 Å². The topological polar surface area (TPSA) is 83.1 Å². The van der Waals surface area contributed by atoms with Gasteiger partial charge in [-0.05, 0) is 24.3 Å². The minimum Gasteiger partial charge on any atom is -0.467 e. The number of hydrogen-bond acceptors (Lipinski definition) is 6. The van der Waals surface area contributed by atoms with Crippen molar-refractivity contribution < 1.29 is 19.1 Å². The van der Waals surface area contributed by atoms with Crippen LogP contribution in [-0.2, 0) is 9.53 Å². The molecule has 2 fully saturated rings. The van der Waals surface area contributed by atoms with E-state index in [0.717, 1.165) is 24.5 Å². The highest BCUT2D eigenvalue weighted by Crippen LogP contribution is 2.33. The Labute approximate surface area is 187 Å². The summed E-state index contributed by atoms with van der Waals surface area (Å²) in [6, 6.07) is 15.2. The molecule has 2 N–H and O–H groups in total. The molecule has 168 valence electrons. The molecule has 3 aliphatic heterocycles. The van der Waals surface area contributed by atoms with Crippen molar-refractivity contribution in [2.24, 2.45) is 0 Å². The van der Waals surface area contributed by atoms with E-state index in [1.165, 1.54) is 0 Å². The fraction of sp³-hybridized carbons (Fsp3) is 0.417. The Kier molecular flexibility index (Phi) is 5.71. The smallest absolute Gasteiger partial charge is 0.258 e. The third-order valence-electron chi connectivity index (χ3n) is 6.34. The third kappa shape index (κ3) is 4.28. The molecule has 0 radical (unpaired) electrons. The average molecular weight is 437 g/mol. The van der Waals surface area contributed by atoms with Gasteiger partial charge in [-0.1, -0.05) is 24.3 Å². The second-order valence-corrected chi connectivity index (χ2v) is 8.49. The van der Waals surface area contributed by atoms with Gasteiger partial charge in [0.2, 0.25) is 5.91 Å². The number of carbonyl (C=O) groups is 2. The van der Waals surface area contributed by atoms with E-state index in [2.05, 4.69) is 20.4 Å². The summed E-state index contributed by atoms with van der Waals surface area (Å²) in [4.78, 5) is 29.7. The highest BCUT2D eigenvalue weighted by molar-refractivity contribution is 5.98. The first-order valence-electron chi connectivity index (χ1n) is 11.2. The molecule has 32 heavy (non-hydrogen) atoms. The van der Waals surface area contributed by atoms with Crippen molar-refractivity contribution in [3.8, 4) is 5.75 Å². The maximum atomic E-state index is 12.8. The monoisotopic (exact) mass is 436 g/mol. The molecule has 3 aliphatic rings. The summed E-state index contributed by atoms with van der Waals surface area (Å²) < 4.78 is 11.6. The molecule has 0 saturated carbocycles. The zero-order chi connectivity index (χ0) is 22.0. The Hall–Kier alpha value is -3.10. The number of para-hydroxylation sites is 3. The van der Waals surface area contributed by atoms with Crippen LogP contribution >= 0.6 is 0 Å². The predicted octanol–water partition coefficient (Wildman–Crippen LogP) is 2.08. The Morgan fingerprint density at radius 1 is 1.00 bits per heavy atom. The van der Waals surface area contributed by atoms with Crippen molar-refractivity contribution in [1.29, 1.82) is 0 Å². The molecule has 3 heterocycles. The molecule has 2 aromatic carbocycles. The number of carbonyl (C=O) groups excluding carboxylic acids is 2. The maximum absolute atomic E-state index is 12.8. The Bertz CT molecular complexity index is 997. The Morgan fingerprint density at radius 3 is 2.53 bits per heavy atom. The van der Waals surface area contributed by atoms with Crippen LogP contribution in [0.3, 0.4) is 0 Å². The lowest BCUT2D eigenvalue weighted by Crippen LogP contribution is -2.61. The molecule has 5 rings (SSSR count). The fourth-order valence-electron chi connectivity index (χ4n) is 4.61. The Morgan fingerprint density at radius 2 is 1.72 bits per heavy atom. The van der Waals surface area contributed by atoms with Crippen molar-refractivity contribution in [3.63, 3.8) is 0 Å². The minimum atomic E-state index is -0.693. The summed E-state index contributed by atoms with van der Waals surface area (Å²) in [5.41, 5.74) is 1.73. The van der Waals surface area contributed by atoms with Crippen molar-refractivity contribution in [2.75, 3.05) is 56.2 Å². The number of ether oxygens (including phenoxy) is 2. The van der Waals surface area contributed by atoms with Crippen LogP contribution in [0.1, 0.15) is 23.2 Å². The summed E-state index contributed by atoms with van der Waals surface area (Å²) in [7, 11) is 0. The van der Waals surface area contributed by atoms with Gasteiger partial charge in [0.1, 0.15) is 5.75 Å². The number of nitrogens with zero attached hydrogens (tertiary/aromatic N) is 2. The number of amides is 2. The number of likely N-dealkylation sites (tertiary alicyclic amines) is 1. The van der Waals surface area contributed by atoms with Gasteiger partial charge >= 0.3 is 0 Å². The van der Waals surface area contributed by atoms with E-state index >= 15 is 0 Å². The van der Waals surface area contributed by atoms with E-state index in [-0.39, 0.29) is 11.8 Å². The SMILES string of the molecule is O=C(CN1CCC2(CC1)NC(=O)c1ccccc1O2)Nc1ccccc1N1CCOCC1. The van der Waals surface area contributed by atoms with Gasteiger partial charge in [0.25, 0.3) is 5.91 Å². The molecule has 1 spiro atoms. The van der Waals surface area contributed by atoms with Gasteiger partial charge in [-0.15, -0.1) is 0 Å². The number of benzene rings is 2. The lowest BCUT2D eigenvalue weighted by molar-refractivity contribution is -0.118. The second-order valence-electron chi connectivity index (χ2n) is 8.49. The first-order valence-corrected chi connectivity index (χ1v) is 11.2. The van der Waals surface area contributed by atoms with Gasteiger partial charge in [0.05, 0.1) is 36.7 Å². The third-order valence-corrected chi connectivity index (χ3v) is 6.34. The quantitative estimate of drug-likeness (QED) is 0.764. The van der Waals surface area contributed by atoms with Crippen LogP contribution in [0, 0.1) is 0 Å². The van der Waals surface area contributed by atoms with Crippen LogP contribution in [-0.4, -0.2) is 68.4 Å². The maximum Gasteiger partial charge on any atom is 0.258 e. The molecule has 2 amide bonds. The van der Waals surface area contributed by atoms with Crippen molar-refractivity contribution in [3.05, 3.63) is 54.1 Å². The van der Waals surface area contributed by atoms with E-state index in [1.807, 2.05) is 42.5 Å². The van der Waals surface area contributed by atoms with Gasteiger partial charge in [0.15, 0.2) is 5.72 Å². The molecule has 8 nitrogen and oxygen atoms in total. The molecule has 0 bridgehead atoms. The van der Waals surface area contributed by atoms with Gasteiger partial charge < -0.3 is 25.0 Å². The summed E-state index contributed by atoms with van der Waals surface area (Å²) in [6.45, 7) is 4.66. The molecule has 0 aliphatic carbocycles. The number of hydrogen-bond donors (Lipinski definition) is 2. The lowest BCUT2D eigenvalue weighted by atomic mass is 9.97. The number of nitrogens with one attached hydrogen (secondary N) is 2. The molecular weight excluding hydrogens is 408 g/mol. The minimum absolute atomic E-state index is 0.0411. The average Bonchev–Trinajstić information content (AvgIpc) is 2.82. The molecule has 0 unspecified atom stereocenters. The molecule has 2 aromatic rings. The normalized spacial score (nSPS) is 20.2. The van der Waals surface area contributed by atoms with Crippen LogP contribution in [0.15, 0.2) is 48.5 Å². The van der Waals surface area contributed by atoms with E-state index < -0.39 is 5.72 Å². The highest BCUT2D eigenvalue weighted by Gasteiger charge is 2.42. The number of piperidine rings is 1. The zero-order valence-corrected chi connectivity index (χ0v) is 18.0. The first kappa shape index (κ1) is 20.8. The summed E-state index contributed by atoms with van der Waals surface area (Å²) >= 11 is 0. The second kappa shape index (κ2) is 8.80. The molecule has 0 aromatic heterocycles. The number of fused-ring (bicyclic) bond motifs is 1. The van der Waals surface area contributed by atoms with E-state index in [9.17, 15) is 9.59 Å². The van der Waals surface area contributed by atoms with Gasteiger partial charge in [-0.2, -0.15) is 0 Å². The largest absolute Gasteiger partial charge is 0.467 e. The molecular formula is C24H28N4O4. The van der Waals surface area contributed by atoms with Crippen molar-refractivity contribution in [2.45, 2.75) is 18.6 Å². The van der Waals surface area contributed by atoms with E-state index in [1.54, 1.807) is 6.07 Å². The van der Waals surface area contributed by atoms with Crippen LogP contribution in [0.2, 0.25) is 0 Å². The number of anilines is 2. The molecule has 0 atom stereocenters. The summed E-state index contributed by atoms with van der Waals surface area (Å²) in [5.74, 6) is 0.487. The van der Waals surface area contributed by atoms with Crippen molar-refractivity contribution >= 4 is 23.2 Å².